The Hall–Kier alpha value is -0.140. The molecule has 54 valence electrons. The Bertz CT molecular complexity index is 138. The molecule has 2 nitrogen and oxygen atoms in total. The van der Waals surface area contributed by atoms with E-state index in [1.54, 1.807) is 19.1 Å². The van der Waals surface area contributed by atoms with Crippen molar-refractivity contribution in [2.75, 3.05) is 13.3 Å². The minimum absolute atomic E-state index is 0.0841. The first-order valence-electron chi connectivity index (χ1n) is 2.59. The highest BCUT2D eigenvalue weighted by atomic mass is 31.2. The number of allylic oxidation sites excluding steroid dienone is 1. The van der Waals surface area contributed by atoms with E-state index in [0.717, 1.165) is 6.66 Å². The van der Waals surface area contributed by atoms with Crippen LogP contribution in [0, 0.1) is 0 Å². The van der Waals surface area contributed by atoms with Gasteiger partial charge in [-0.25, -0.2) is 0 Å². The van der Waals surface area contributed by atoms with E-state index in [-0.39, 0.29) is 6.61 Å². The normalized spacial score (nSPS) is 18.1. The smallest absolute Gasteiger partial charge is 0.302 e. The van der Waals surface area contributed by atoms with Gasteiger partial charge >= 0.3 is 7.68 Å². The molecule has 1 atom stereocenters. The van der Waals surface area contributed by atoms with Crippen molar-refractivity contribution in [1.29, 1.82) is 0 Å². The first-order valence-corrected chi connectivity index (χ1v) is 4.55. The van der Waals surface area contributed by atoms with Crippen LogP contribution in [0.4, 0.5) is 4.20 Å². The van der Waals surface area contributed by atoms with Crippen molar-refractivity contribution in [2.24, 2.45) is 0 Å². The molecule has 0 radical (unpaired) electrons. The summed E-state index contributed by atoms with van der Waals surface area (Å²) in [5.41, 5.74) is 0. The third kappa shape index (κ3) is 7.86. The van der Waals surface area contributed by atoms with Crippen molar-refractivity contribution in [3.05, 3.63) is 12.2 Å². The molecule has 0 aromatic heterocycles. The largest absolute Gasteiger partial charge is 0.364 e. The van der Waals surface area contributed by atoms with Crippen LogP contribution in [0.5, 0.6) is 0 Å². The van der Waals surface area contributed by atoms with Crippen molar-refractivity contribution >= 4 is 7.68 Å². The summed E-state index contributed by atoms with van der Waals surface area (Å²) < 4.78 is 26.5. The first-order chi connectivity index (χ1) is 4.06. The zero-order valence-corrected chi connectivity index (χ0v) is 6.40. The number of rotatable bonds is 3. The number of hydrogen-bond acceptors (Lipinski definition) is 2. The molecular weight excluding hydrogens is 142 g/mol. The summed E-state index contributed by atoms with van der Waals surface area (Å²) in [6.45, 7) is 2.81. The maximum atomic E-state index is 12.0. The van der Waals surface area contributed by atoms with Gasteiger partial charge in [-0.3, -0.25) is 4.57 Å². The van der Waals surface area contributed by atoms with Gasteiger partial charge in [0.15, 0.2) is 0 Å². The molecule has 0 saturated heterocycles. The van der Waals surface area contributed by atoms with Gasteiger partial charge in [0.05, 0.1) is 6.61 Å². The molecule has 0 aliphatic rings. The van der Waals surface area contributed by atoms with Gasteiger partial charge in [-0.2, -0.15) is 4.20 Å². The first kappa shape index (κ1) is 8.86. The topological polar surface area (TPSA) is 26.3 Å². The van der Waals surface area contributed by atoms with Crippen molar-refractivity contribution in [3.8, 4) is 0 Å². The van der Waals surface area contributed by atoms with E-state index in [2.05, 4.69) is 4.52 Å². The van der Waals surface area contributed by atoms with Crippen LogP contribution in [0.3, 0.4) is 0 Å². The van der Waals surface area contributed by atoms with Gasteiger partial charge in [-0.15, -0.1) is 0 Å². The highest BCUT2D eigenvalue weighted by molar-refractivity contribution is 7.52. The highest BCUT2D eigenvalue weighted by Gasteiger charge is 2.10. The fourth-order valence-corrected chi connectivity index (χ4v) is 0.625. The Balaban J connectivity index is 3.40. The van der Waals surface area contributed by atoms with Gasteiger partial charge in [0.25, 0.3) is 0 Å². The predicted molar refractivity (Wildman–Crippen MR) is 35.4 cm³/mol. The van der Waals surface area contributed by atoms with Gasteiger partial charge in [0.2, 0.25) is 0 Å². The Labute approximate surface area is 54.3 Å². The molecule has 0 aliphatic carbocycles. The van der Waals surface area contributed by atoms with E-state index in [1.165, 1.54) is 0 Å². The maximum absolute atomic E-state index is 12.0. The van der Waals surface area contributed by atoms with Crippen LogP contribution in [0.15, 0.2) is 12.2 Å². The van der Waals surface area contributed by atoms with E-state index >= 15 is 0 Å². The highest BCUT2D eigenvalue weighted by Crippen LogP contribution is 2.43. The summed E-state index contributed by atoms with van der Waals surface area (Å²) in [4.78, 5) is 0. The van der Waals surface area contributed by atoms with E-state index in [1.807, 2.05) is 0 Å². The Morgan fingerprint density at radius 2 is 2.33 bits per heavy atom. The van der Waals surface area contributed by atoms with Crippen LogP contribution in [0.1, 0.15) is 6.92 Å². The minimum Gasteiger partial charge on any atom is -0.302 e. The molecule has 0 saturated carbocycles. The number of halogens is 1. The molecule has 0 spiro atoms. The molecule has 0 fully saturated rings. The lowest BCUT2D eigenvalue weighted by molar-refractivity contribution is 0.326. The zero-order chi connectivity index (χ0) is 7.33. The lowest BCUT2D eigenvalue weighted by Gasteiger charge is -1.98. The molecule has 0 amide bonds. The van der Waals surface area contributed by atoms with Crippen LogP contribution in [-0.2, 0) is 9.09 Å². The van der Waals surface area contributed by atoms with Crippen molar-refractivity contribution in [3.63, 3.8) is 0 Å². The van der Waals surface area contributed by atoms with E-state index < -0.39 is 7.68 Å². The maximum Gasteiger partial charge on any atom is 0.364 e. The summed E-state index contributed by atoms with van der Waals surface area (Å²) in [5, 5.41) is 0. The van der Waals surface area contributed by atoms with Gasteiger partial charge < -0.3 is 4.52 Å². The average Bonchev–Trinajstić information content (AvgIpc) is 1.63. The van der Waals surface area contributed by atoms with Gasteiger partial charge in [0, 0.05) is 6.66 Å². The van der Waals surface area contributed by atoms with Crippen LogP contribution in [0.25, 0.3) is 0 Å². The molecule has 0 bridgehead atoms. The van der Waals surface area contributed by atoms with E-state index in [0.29, 0.717) is 0 Å². The summed E-state index contributed by atoms with van der Waals surface area (Å²) in [5.74, 6) is 0. The van der Waals surface area contributed by atoms with E-state index in [9.17, 15) is 8.76 Å². The summed E-state index contributed by atoms with van der Waals surface area (Å²) in [6, 6.07) is 0. The Morgan fingerprint density at radius 3 is 2.67 bits per heavy atom. The van der Waals surface area contributed by atoms with Crippen molar-refractivity contribution in [1.82, 2.24) is 0 Å². The second-order valence-electron chi connectivity index (χ2n) is 1.61. The van der Waals surface area contributed by atoms with Crippen LogP contribution in [0.2, 0.25) is 0 Å². The van der Waals surface area contributed by atoms with Crippen molar-refractivity contribution < 1.29 is 13.3 Å². The molecule has 1 unspecified atom stereocenters. The summed E-state index contributed by atoms with van der Waals surface area (Å²) >= 11 is 0. The minimum atomic E-state index is -3.75. The van der Waals surface area contributed by atoms with Crippen LogP contribution >= 0.6 is 7.68 Å². The SMILES string of the molecule is C/C=C/COP(C)(=O)F. The lowest BCUT2D eigenvalue weighted by Crippen LogP contribution is -1.82. The average molecular weight is 152 g/mol. The second kappa shape index (κ2) is 3.80. The molecule has 0 aliphatic heterocycles. The lowest BCUT2D eigenvalue weighted by atomic mass is 10.6. The number of hydrogen-bond donors (Lipinski definition) is 0. The molecular formula is C5H10FO2P. The molecule has 0 N–H and O–H groups in total. The van der Waals surface area contributed by atoms with Gasteiger partial charge in [0.1, 0.15) is 0 Å². The fraction of sp³-hybridized carbons (Fsp3) is 0.600. The fourth-order valence-electron chi connectivity index (χ4n) is 0.272. The third-order valence-corrected chi connectivity index (χ3v) is 1.25. The molecule has 0 heterocycles. The van der Waals surface area contributed by atoms with Crippen molar-refractivity contribution in [2.45, 2.75) is 6.92 Å². The Kier molecular flexibility index (Phi) is 3.75. The quantitative estimate of drug-likeness (QED) is 0.458. The predicted octanol–water partition coefficient (Wildman–Crippen LogP) is 2.37. The van der Waals surface area contributed by atoms with Crippen LogP contribution in [-0.4, -0.2) is 13.3 Å². The van der Waals surface area contributed by atoms with Gasteiger partial charge in [-0.1, -0.05) is 12.2 Å². The summed E-state index contributed by atoms with van der Waals surface area (Å²) in [6.07, 6.45) is 3.30. The molecule has 0 rings (SSSR count). The molecule has 0 aromatic carbocycles. The van der Waals surface area contributed by atoms with Crippen LogP contribution < -0.4 is 0 Å². The van der Waals surface area contributed by atoms with E-state index in [4.69, 9.17) is 0 Å². The van der Waals surface area contributed by atoms with Gasteiger partial charge in [-0.05, 0) is 6.92 Å². The molecule has 4 heteroatoms. The summed E-state index contributed by atoms with van der Waals surface area (Å²) in [7, 11) is -3.75. The Morgan fingerprint density at radius 1 is 1.78 bits per heavy atom. The monoisotopic (exact) mass is 152 g/mol. The third-order valence-electron chi connectivity index (χ3n) is 0.637. The molecule has 0 aromatic rings. The second-order valence-corrected chi connectivity index (χ2v) is 3.36. The molecule has 9 heavy (non-hydrogen) atoms. The zero-order valence-electron chi connectivity index (χ0n) is 5.50. The standard InChI is InChI=1S/C5H10FO2P/c1-3-4-5-8-9(2,6)7/h3-4H,5H2,1-2H3/b4-3+.